The molecule has 112 valence electrons. The summed E-state index contributed by atoms with van der Waals surface area (Å²) in [7, 11) is -3.90. The summed E-state index contributed by atoms with van der Waals surface area (Å²) < 4.78 is 25.5. The predicted octanol–water partition coefficient (Wildman–Crippen LogP) is 2.18. The largest absolute Gasteiger partial charge is 0.396 e. The summed E-state index contributed by atoms with van der Waals surface area (Å²) in [6.45, 7) is 1.34. The zero-order chi connectivity index (χ0) is 15.9. The van der Waals surface area contributed by atoms with E-state index in [-0.39, 0.29) is 27.0 Å². The molecule has 22 heavy (non-hydrogen) atoms. The monoisotopic (exact) mass is 315 g/mol. The van der Waals surface area contributed by atoms with Crippen LogP contribution in [0.1, 0.15) is 17.3 Å². The van der Waals surface area contributed by atoms with E-state index in [0.717, 1.165) is 0 Å². The van der Waals surface area contributed by atoms with Gasteiger partial charge >= 0.3 is 0 Å². The van der Waals surface area contributed by atoms with Gasteiger partial charge in [-0.2, -0.15) is 0 Å². The Labute approximate surface area is 126 Å². The minimum atomic E-state index is -3.90. The van der Waals surface area contributed by atoms with Gasteiger partial charge in [-0.15, -0.1) is 0 Å². The van der Waals surface area contributed by atoms with Gasteiger partial charge in [0.15, 0.2) is 10.8 Å². The third-order valence-electron chi connectivity index (χ3n) is 3.37. The maximum absolute atomic E-state index is 12.7. The van der Waals surface area contributed by atoms with Gasteiger partial charge in [0.2, 0.25) is 9.84 Å². The molecule has 0 aliphatic rings. The van der Waals surface area contributed by atoms with Gasteiger partial charge in [0.05, 0.1) is 16.1 Å². The molecule has 0 fully saturated rings. The van der Waals surface area contributed by atoms with Gasteiger partial charge in [-0.3, -0.25) is 4.79 Å². The fraction of sp³-hybridized carbons (Fsp3) is 0.0667. The fourth-order valence-electron chi connectivity index (χ4n) is 2.36. The van der Waals surface area contributed by atoms with Crippen LogP contribution in [0.15, 0.2) is 52.5 Å². The van der Waals surface area contributed by atoms with E-state index in [9.17, 15) is 13.2 Å². The van der Waals surface area contributed by atoms with E-state index in [2.05, 4.69) is 9.97 Å². The molecule has 6 nitrogen and oxygen atoms in total. The summed E-state index contributed by atoms with van der Waals surface area (Å²) in [6.07, 6.45) is 1.59. The lowest BCUT2D eigenvalue weighted by molar-refractivity contribution is 0.102. The van der Waals surface area contributed by atoms with Crippen molar-refractivity contribution in [3.8, 4) is 0 Å². The molecule has 7 heteroatoms. The first-order chi connectivity index (χ1) is 10.4. The van der Waals surface area contributed by atoms with Crippen LogP contribution in [-0.2, 0) is 9.84 Å². The van der Waals surface area contributed by atoms with Gasteiger partial charge in [-0.05, 0) is 25.1 Å². The summed E-state index contributed by atoms with van der Waals surface area (Å²) >= 11 is 0. The lowest BCUT2D eigenvalue weighted by Crippen LogP contribution is -2.12. The molecule has 0 spiro atoms. The van der Waals surface area contributed by atoms with Crippen LogP contribution in [0.25, 0.3) is 11.0 Å². The van der Waals surface area contributed by atoms with Crippen molar-refractivity contribution in [3.63, 3.8) is 0 Å². The van der Waals surface area contributed by atoms with Crippen LogP contribution in [0.4, 0.5) is 5.69 Å². The van der Waals surface area contributed by atoms with E-state index < -0.39 is 9.84 Å². The van der Waals surface area contributed by atoms with Gasteiger partial charge < -0.3 is 10.7 Å². The molecule has 3 rings (SSSR count). The topological polar surface area (TPSA) is 106 Å². The van der Waals surface area contributed by atoms with Gasteiger partial charge in [-0.25, -0.2) is 13.4 Å². The van der Waals surface area contributed by atoms with Gasteiger partial charge in [-0.1, -0.05) is 18.2 Å². The maximum Gasteiger partial charge on any atom is 0.226 e. The number of H-pyrrole nitrogens is 1. The highest BCUT2D eigenvalue weighted by Gasteiger charge is 2.27. The Morgan fingerprint density at radius 3 is 2.50 bits per heavy atom. The zero-order valence-corrected chi connectivity index (χ0v) is 12.5. The van der Waals surface area contributed by atoms with Gasteiger partial charge in [0.25, 0.3) is 0 Å². The van der Waals surface area contributed by atoms with E-state index >= 15 is 0 Å². The van der Waals surface area contributed by atoms with Crippen molar-refractivity contribution in [2.24, 2.45) is 0 Å². The molecule has 0 unspecified atom stereocenters. The van der Waals surface area contributed by atoms with Crippen molar-refractivity contribution in [1.29, 1.82) is 0 Å². The number of anilines is 1. The first-order valence-corrected chi connectivity index (χ1v) is 7.99. The number of ketones is 1. The summed E-state index contributed by atoms with van der Waals surface area (Å²) in [5, 5.41) is 0.205. The standard InChI is InChI=1S/C15H13N3O3S/c1-9(19)12-11-7-8-17-14(11)18-15(13(12)16)22(20,21)10-5-3-2-4-6-10/h2-8H,16H2,1H3,(H,17,18). The van der Waals surface area contributed by atoms with Crippen LogP contribution in [0, 0.1) is 0 Å². The number of pyridine rings is 1. The molecule has 0 bridgehead atoms. The van der Waals surface area contributed by atoms with E-state index in [1.807, 2.05) is 0 Å². The van der Waals surface area contributed by atoms with Crippen molar-refractivity contribution in [2.75, 3.05) is 5.73 Å². The minimum Gasteiger partial charge on any atom is -0.396 e. The zero-order valence-electron chi connectivity index (χ0n) is 11.7. The Morgan fingerprint density at radius 1 is 1.18 bits per heavy atom. The molecule has 0 aliphatic carbocycles. The van der Waals surface area contributed by atoms with Crippen LogP contribution >= 0.6 is 0 Å². The van der Waals surface area contributed by atoms with Crippen molar-refractivity contribution < 1.29 is 13.2 Å². The summed E-state index contributed by atoms with van der Waals surface area (Å²) in [5.74, 6) is -0.311. The number of hydrogen-bond donors (Lipinski definition) is 2. The molecular weight excluding hydrogens is 302 g/mol. The average molecular weight is 315 g/mol. The third-order valence-corrected chi connectivity index (χ3v) is 5.08. The molecule has 0 atom stereocenters. The first-order valence-electron chi connectivity index (χ1n) is 6.50. The maximum atomic E-state index is 12.7. The molecule has 3 N–H and O–H groups in total. The molecule has 2 aromatic heterocycles. The number of aromatic nitrogens is 2. The minimum absolute atomic E-state index is 0.0783. The number of Topliss-reactive ketones (excluding diaryl/α,β-unsaturated/α-hetero) is 1. The second-order valence-corrected chi connectivity index (χ2v) is 6.68. The van der Waals surface area contributed by atoms with E-state index in [0.29, 0.717) is 11.0 Å². The van der Waals surface area contributed by atoms with Crippen LogP contribution in [-0.4, -0.2) is 24.2 Å². The normalized spacial score (nSPS) is 11.7. The van der Waals surface area contributed by atoms with Crippen LogP contribution in [0.3, 0.4) is 0 Å². The Morgan fingerprint density at radius 2 is 1.86 bits per heavy atom. The average Bonchev–Trinajstić information content (AvgIpc) is 2.94. The van der Waals surface area contributed by atoms with E-state index in [1.54, 1.807) is 30.5 Å². The molecule has 0 amide bonds. The lowest BCUT2D eigenvalue weighted by atomic mass is 10.1. The Hall–Kier alpha value is -2.67. The molecule has 0 radical (unpaired) electrons. The number of fused-ring (bicyclic) bond motifs is 1. The molecule has 1 aromatic carbocycles. The quantitative estimate of drug-likeness (QED) is 0.721. The number of sulfone groups is 1. The van der Waals surface area contributed by atoms with Crippen LogP contribution < -0.4 is 5.73 Å². The van der Waals surface area contributed by atoms with Gasteiger partial charge in [0, 0.05) is 11.6 Å². The summed E-state index contributed by atoms with van der Waals surface area (Å²) in [4.78, 5) is 18.9. The van der Waals surface area contributed by atoms with Crippen LogP contribution in [0.2, 0.25) is 0 Å². The number of nitrogens with two attached hydrogens (primary N) is 1. The number of nitrogens with zero attached hydrogens (tertiary/aromatic N) is 1. The molecule has 2 heterocycles. The molecule has 3 aromatic rings. The fourth-order valence-corrected chi connectivity index (χ4v) is 3.71. The van der Waals surface area contributed by atoms with Crippen LogP contribution in [0.5, 0.6) is 0 Å². The second kappa shape index (κ2) is 4.96. The summed E-state index contributed by atoms with van der Waals surface area (Å²) in [6, 6.07) is 9.51. The Kier molecular flexibility index (Phi) is 3.22. The highest BCUT2D eigenvalue weighted by atomic mass is 32.2. The number of aromatic amines is 1. The SMILES string of the molecule is CC(=O)c1c(N)c(S(=O)(=O)c2ccccc2)nc2[nH]ccc12. The highest BCUT2D eigenvalue weighted by Crippen LogP contribution is 2.31. The van der Waals surface area contributed by atoms with Crippen molar-refractivity contribution in [1.82, 2.24) is 9.97 Å². The number of nitrogen functional groups attached to an aromatic ring is 1. The number of benzene rings is 1. The predicted molar refractivity (Wildman–Crippen MR) is 82.4 cm³/mol. The highest BCUT2D eigenvalue weighted by molar-refractivity contribution is 7.91. The second-order valence-electron chi connectivity index (χ2n) is 4.82. The number of nitrogens with one attached hydrogen (secondary N) is 1. The molecular formula is C15H13N3O3S. The molecule has 0 saturated carbocycles. The summed E-state index contributed by atoms with van der Waals surface area (Å²) in [5.41, 5.74) is 6.32. The number of hydrogen-bond acceptors (Lipinski definition) is 5. The number of carbonyl (C=O) groups is 1. The molecule has 0 aliphatic heterocycles. The lowest BCUT2D eigenvalue weighted by Gasteiger charge is -2.10. The first kappa shape index (κ1) is 14.3. The Bertz CT molecular complexity index is 976. The van der Waals surface area contributed by atoms with Crippen molar-refractivity contribution in [2.45, 2.75) is 16.8 Å². The number of carbonyl (C=O) groups excluding carboxylic acids is 1. The third kappa shape index (κ3) is 2.06. The van der Waals surface area contributed by atoms with Crippen molar-refractivity contribution in [3.05, 3.63) is 48.2 Å². The Balaban J connectivity index is 2.37. The molecule has 0 saturated heterocycles. The number of rotatable bonds is 3. The van der Waals surface area contributed by atoms with Crippen molar-refractivity contribution >= 4 is 32.3 Å². The van der Waals surface area contributed by atoms with Gasteiger partial charge in [0.1, 0.15) is 5.65 Å². The van der Waals surface area contributed by atoms with E-state index in [1.165, 1.54) is 19.1 Å². The van der Waals surface area contributed by atoms with E-state index in [4.69, 9.17) is 5.73 Å². The smallest absolute Gasteiger partial charge is 0.226 e.